The van der Waals surface area contributed by atoms with Gasteiger partial charge in [0.25, 0.3) is 0 Å². The number of carbonyl (C=O) groups excluding carboxylic acids is 2. The van der Waals surface area contributed by atoms with E-state index in [2.05, 4.69) is 66.2 Å². The molecule has 0 aromatic rings. The van der Waals surface area contributed by atoms with E-state index in [1.54, 1.807) is 0 Å². The summed E-state index contributed by atoms with van der Waals surface area (Å²) in [4.78, 5) is 24.3. The van der Waals surface area contributed by atoms with Crippen molar-refractivity contribution in [3.63, 3.8) is 0 Å². The van der Waals surface area contributed by atoms with Crippen molar-refractivity contribution in [1.29, 1.82) is 0 Å². The molecule has 0 fully saturated rings. The van der Waals surface area contributed by atoms with Crippen LogP contribution < -0.4 is 0 Å². The molecule has 0 radical (unpaired) electrons. The van der Waals surface area contributed by atoms with Crippen LogP contribution in [0.5, 0.6) is 0 Å². The zero-order chi connectivity index (χ0) is 32.2. The monoisotopic (exact) mass is 680 g/mol. The Hall–Kier alpha value is -1.36. The topological polar surface area (TPSA) is 52.6 Å². The Bertz CT molecular complexity index is 715. The largest absolute Gasteiger partial charge is 0.462 e. The third kappa shape index (κ3) is 33.5. The summed E-state index contributed by atoms with van der Waals surface area (Å²) in [5, 5.41) is 0.474. The van der Waals surface area contributed by atoms with E-state index < -0.39 is 6.10 Å². The van der Waals surface area contributed by atoms with Crippen molar-refractivity contribution in [1.82, 2.24) is 0 Å². The molecule has 0 amide bonds. The highest BCUT2D eigenvalue weighted by Crippen LogP contribution is 2.12. The number of rotatable bonds is 33. The van der Waals surface area contributed by atoms with Crippen LogP contribution in [-0.4, -0.2) is 30.0 Å². The fourth-order valence-corrected chi connectivity index (χ4v) is 5.35. The molecule has 0 aliphatic rings. The van der Waals surface area contributed by atoms with Gasteiger partial charge in [0, 0.05) is 18.2 Å². The normalized spacial score (nSPS) is 12.5. The summed E-state index contributed by atoms with van der Waals surface area (Å²) < 4.78 is 10.9. The van der Waals surface area contributed by atoms with Crippen LogP contribution in [0.25, 0.3) is 0 Å². The predicted octanol–water partition coefficient (Wildman–Crippen LogP) is 12.7. The van der Waals surface area contributed by atoms with Crippen molar-refractivity contribution >= 4 is 27.9 Å². The maximum absolute atomic E-state index is 12.2. The molecule has 1 atom stereocenters. The molecule has 0 rings (SSSR count). The first kappa shape index (κ1) is 42.6. The maximum Gasteiger partial charge on any atom is 0.306 e. The van der Waals surface area contributed by atoms with Crippen molar-refractivity contribution in [2.75, 3.05) is 11.9 Å². The molecule has 44 heavy (non-hydrogen) atoms. The summed E-state index contributed by atoms with van der Waals surface area (Å²) in [7, 11) is 0. The molecule has 0 saturated heterocycles. The number of halogens is 1. The van der Waals surface area contributed by atoms with Gasteiger partial charge in [-0.25, -0.2) is 0 Å². The number of carbonyl (C=O) groups is 2. The second-order valence-corrected chi connectivity index (χ2v) is 12.9. The van der Waals surface area contributed by atoms with Crippen molar-refractivity contribution in [3.8, 4) is 0 Å². The fraction of sp³-hybridized carbons (Fsp3) is 0.795. The minimum absolute atomic E-state index is 0.128. The molecule has 0 heterocycles. The number of allylic oxidation sites excluding steroid dienone is 6. The van der Waals surface area contributed by atoms with Gasteiger partial charge in [0.2, 0.25) is 0 Å². The van der Waals surface area contributed by atoms with Gasteiger partial charge < -0.3 is 9.47 Å². The van der Waals surface area contributed by atoms with Crippen molar-refractivity contribution in [2.24, 2.45) is 0 Å². The lowest BCUT2D eigenvalue weighted by Crippen LogP contribution is -2.26. The quantitative estimate of drug-likeness (QED) is 0.0299. The summed E-state index contributed by atoms with van der Waals surface area (Å²) in [6.45, 7) is 4.63. The van der Waals surface area contributed by atoms with Gasteiger partial charge in [0.15, 0.2) is 0 Å². The highest BCUT2D eigenvalue weighted by Gasteiger charge is 2.15. The van der Waals surface area contributed by atoms with E-state index in [4.69, 9.17) is 9.47 Å². The number of hydrogen-bond donors (Lipinski definition) is 0. The fourth-order valence-electron chi connectivity index (χ4n) is 5.03. The second kappa shape index (κ2) is 36.1. The average molecular weight is 682 g/mol. The van der Waals surface area contributed by atoms with Crippen LogP contribution >= 0.6 is 15.9 Å². The van der Waals surface area contributed by atoms with Gasteiger partial charge in [0.05, 0.1) is 0 Å². The van der Waals surface area contributed by atoms with E-state index in [1.807, 2.05) is 0 Å². The SMILES string of the molecule is CCCCC/C=C\C/C=C\CCCCCCCC(=O)OC(CBr)COC(=O)CCCCCCC/C=C\CCCCCCCC. The molecule has 0 aromatic heterocycles. The Morgan fingerprint density at radius 1 is 0.523 bits per heavy atom. The second-order valence-electron chi connectivity index (χ2n) is 12.3. The number of alkyl halides is 1. The summed E-state index contributed by atoms with van der Waals surface area (Å²) in [5.74, 6) is -0.396. The summed E-state index contributed by atoms with van der Waals surface area (Å²) in [5.41, 5.74) is 0. The van der Waals surface area contributed by atoms with Gasteiger partial charge in [-0.3, -0.25) is 9.59 Å². The molecular formula is C39H69BrO4. The molecule has 0 saturated carbocycles. The van der Waals surface area contributed by atoms with E-state index in [0.29, 0.717) is 18.2 Å². The van der Waals surface area contributed by atoms with Crippen LogP contribution in [0.3, 0.4) is 0 Å². The molecule has 1 unspecified atom stereocenters. The Kier molecular flexibility index (Phi) is 35.0. The van der Waals surface area contributed by atoms with Gasteiger partial charge in [-0.1, -0.05) is 150 Å². The van der Waals surface area contributed by atoms with Crippen LogP contribution in [0.15, 0.2) is 36.5 Å². The number of hydrogen-bond acceptors (Lipinski definition) is 4. The van der Waals surface area contributed by atoms with Crippen LogP contribution in [0.2, 0.25) is 0 Å². The highest BCUT2D eigenvalue weighted by atomic mass is 79.9. The lowest BCUT2D eigenvalue weighted by atomic mass is 10.1. The standard InChI is InChI=1S/C39H69BrO4/c1-3-5-7-9-11-13-15-17-19-21-23-25-27-29-31-33-38(41)43-36-37(35-40)44-39(42)34-32-30-28-26-24-22-20-18-16-14-12-10-8-6-4-2/h12,14,17-20,37H,3-11,13,15-16,21-36H2,1-2H3/b14-12-,19-17-,20-18-. The van der Waals surface area contributed by atoms with E-state index >= 15 is 0 Å². The Morgan fingerprint density at radius 2 is 0.909 bits per heavy atom. The van der Waals surface area contributed by atoms with Crippen LogP contribution in [0, 0.1) is 0 Å². The number of esters is 2. The van der Waals surface area contributed by atoms with E-state index in [0.717, 1.165) is 51.4 Å². The summed E-state index contributed by atoms with van der Waals surface area (Å²) in [6.07, 6.45) is 43.1. The Morgan fingerprint density at radius 3 is 1.41 bits per heavy atom. The third-order valence-corrected chi connectivity index (χ3v) is 8.60. The third-order valence-electron chi connectivity index (χ3n) is 7.87. The van der Waals surface area contributed by atoms with Gasteiger partial charge in [-0.15, -0.1) is 0 Å². The number of unbranched alkanes of at least 4 members (excludes halogenated alkanes) is 19. The van der Waals surface area contributed by atoms with Crippen molar-refractivity contribution in [3.05, 3.63) is 36.5 Å². The van der Waals surface area contributed by atoms with Crippen LogP contribution in [-0.2, 0) is 19.1 Å². The Balaban J connectivity index is 3.61. The molecule has 5 heteroatoms. The molecule has 0 aliphatic heterocycles. The molecule has 4 nitrogen and oxygen atoms in total. The van der Waals surface area contributed by atoms with E-state index in [-0.39, 0.29) is 18.5 Å². The first-order valence-electron chi connectivity index (χ1n) is 18.5. The maximum atomic E-state index is 12.2. The first-order chi connectivity index (χ1) is 21.6. The average Bonchev–Trinajstić information content (AvgIpc) is 3.02. The molecule has 0 aliphatic carbocycles. The minimum atomic E-state index is -0.418. The minimum Gasteiger partial charge on any atom is -0.462 e. The molecule has 0 aromatic carbocycles. The molecule has 256 valence electrons. The summed E-state index contributed by atoms with van der Waals surface area (Å²) >= 11 is 3.38. The van der Waals surface area contributed by atoms with Gasteiger partial charge in [-0.2, -0.15) is 0 Å². The first-order valence-corrected chi connectivity index (χ1v) is 19.6. The lowest BCUT2D eigenvalue weighted by molar-refractivity contribution is -0.157. The Labute approximate surface area is 281 Å². The molecule has 0 N–H and O–H groups in total. The van der Waals surface area contributed by atoms with Crippen molar-refractivity contribution < 1.29 is 19.1 Å². The lowest BCUT2D eigenvalue weighted by Gasteiger charge is -2.15. The zero-order valence-corrected chi connectivity index (χ0v) is 30.4. The van der Waals surface area contributed by atoms with Gasteiger partial charge >= 0.3 is 11.9 Å². The predicted molar refractivity (Wildman–Crippen MR) is 193 cm³/mol. The zero-order valence-electron chi connectivity index (χ0n) is 28.9. The van der Waals surface area contributed by atoms with E-state index in [9.17, 15) is 9.59 Å². The van der Waals surface area contributed by atoms with E-state index in [1.165, 1.54) is 103 Å². The van der Waals surface area contributed by atoms with Gasteiger partial charge in [-0.05, 0) is 70.6 Å². The van der Waals surface area contributed by atoms with Crippen LogP contribution in [0.4, 0.5) is 0 Å². The number of ether oxygens (including phenoxy) is 2. The molecule has 0 spiro atoms. The summed E-state index contributed by atoms with van der Waals surface area (Å²) in [6, 6.07) is 0. The van der Waals surface area contributed by atoms with Crippen LogP contribution in [0.1, 0.15) is 181 Å². The molecular weight excluding hydrogens is 612 g/mol. The van der Waals surface area contributed by atoms with Gasteiger partial charge in [0.1, 0.15) is 12.7 Å². The van der Waals surface area contributed by atoms with Crippen molar-refractivity contribution in [2.45, 2.75) is 187 Å². The molecule has 0 bridgehead atoms. The highest BCUT2D eigenvalue weighted by molar-refractivity contribution is 9.09. The smallest absolute Gasteiger partial charge is 0.306 e.